The number of hydrogen-bond donors (Lipinski definition) is 2. The summed E-state index contributed by atoms with van der Waals surface area (Å²) in [5.74, 6) is 1.43. The van der Waals surface area contributed by atoms with Gasteiger partial charge in [0.1, 0.15) is 16.8 Å². The zero-order valence-corrected chi connectivity index (χ0v) is 19.3. The molecule has 0 saturated carbocycles. The molecular weight excluding hydrogens is 466 g/mol. The number of amides is 1. The molecule has 7 nitrogen and oxygen atoms in total. The van der Waals surface area contributed by atoms with Crippen LogP contribution in [0, 0.1) is 13.8 Å². The summed E-state index contributed by atoms with van der Waals surface area (Å²) in [5.41, 5.74) is 6.63. The number of fused-ring (bicyclic) bond motifs is 1. The smallest absolute Gasteiger partial charge is 0.236 e. The van der Waals surface area contributed by atoms with Gasteiger partial charge in [-0.05, 0) is 53.0 Å². The molecule has 0 fully saturated rings. The third-order valence-corrected chi connectivity index (χ3v) is 6.81. The lowest BCUT2D eigenvalue weighted by Gasteiger charge is -2.33. The summed E-state index contributed by atoms with van der Waals surface area (Å²) in [4.78, 5) is 13.2. The number of aryl methyl sites for hydroxylation is 2. The average Bonchev–Trinajstić information content (AvgIpc) is 3.12. The predicted molar refractivity (Wildman–Crippen MR) is 120 cm³/mol. The number of ether oxygens (including phenoxy) is 1. The van der Waals surface area contributed by atoms with Crippen molar-refractivity contribution in [1.29, 1.82) is 0 Å². The number of thioether (sulfide) groups is 1. The van der Waals surface area contributed by atoms with Crippen LogP contribution in [0.3, 0.4) is 0 Å². The number of rotatable bonds is 5. The first-order chi connectivity index (χ1) is 14.5. The van der Waals surface area contributed by atoms with Crippen molar-refractivity contribution in [2.75, 3.05) is 12.5 Å². The summed E-state index contributed by atoms with van der Waals surface area (Å²) < 4.78 is 8.01. The topological polar surface area (TPSA) is 81.1 Å². The highest BCUT2D eigenvalue weighted by molar-refractivity contribution is 9.10. The molecule has 30 heavy (non-hydrogen) atoms. The van der Waals surface area contributed by atoms with Crippen molar-refractivity contribution in [3.05, 3.63) is 69.5 Å². The van der Waals surface area contributed by atoms with Crippen molar-refractivity contribution in [2.24, 2.45) is 0 Å². The molecule has 0 radical (unpaired) electrons. The van der Waals surface area contributed by atoms with E-state index in [2.05, 4.69) is 36.9 Å². The van der Waals surface area contributed by atoms with Gasteiger partial charge in [0, 0.05) is 6.54 Å². The Kier molecular flexibility index (Phi) is 6.01. The minimum absolute atomic E-state index is 0.0584. The number of methoxy groups -OCH3 is 1. The van der Waals surface area contributed by atoms with Gasteiger partial charge < -0.3 is 15.5 Å². The van der Waals surface area contributed by atoms with Crippen molar-refractivity contribution >= 4 is 33.6 Å². The van der Waals surface area contributed by atoms with Crippen LogP contribution >= 0.6 is 27.7 Å². The van der Waals surface area contributed by atoms with E-state index >= 15 is 0 Å². The van der Waals surface area contributed by atoms with Gasteiger partial charge in [-0.15, -0.1) is 10.2 Å². The van der Waals surface area contributed by atoms with E-state index in [9.17, 15) is 4.79 Å². The molecule has 0 unspecified atom stereocenters. The summed E-state index contributed by atoms with van der Waals surface area (Å²) in [5, 5.41) is 11.7. The molecular formula is C21H22BrN5O2S. The number of carbonyl (C=O) groups is 1. The molecule has 2 N–H and O–H groups in total. The average molecular weight is 488 g/mol. The van der Waals surface area contributed by atoms with E-state index in [1.807, 2.05) is 61.0 Å². The predicted octanol–water partition coefficient (Wildman–Crippen LogP) is 3.74. The Labute approximate surface area is 187 Å². The molecule has 2 aromatic carbocycles. The van der Waals surface area contributed by atoms with Crippen molar-refractivity contribution in [2.45, 2.75) is 36.8 Å². The fourth-order valence-corrected chi connectivity index (χ4v) is 4.99. The fourth-order valence-electron chi connectivity index (χ4n) is 3.28. The standard InChI is InChI=1S/C21H22BrN5O2S/c1-12-4-6-14(7-5-12)11-23-20(28)19-18(15-8-9-17(29-3)16(22)10-15)26-27-13(2)24-25-21(27)30-19/h4-10,18-19,26H,11H2,1-3H3,(H,23,28)/t18-,19-/m0/s1. The maximum absolute atomic E-state index is 13.2. The summed E-state index contributed by atoms with van der Waals surface area (Å²) in [6.07, 6.45) is 0. The van der Waals surface area contributed by atoms with Gasteiger partial charge in [-0.2, -0.15) is 0 Å². The fraction of sp³-hybridized carbons (Fsp3) is 0.286. The van der Waals surface area contributed by atoms with Crippen LogP contribution in [0.15, 0.2) is 52.1 Å². The highest BCUT2D eigenvalue weighted by atomic mass is 79.9. The van der Waals surface area contributed by atoms with Gasteiger partial charge in [0.15, 0.2) is 0 Å². The van der Waals surface area contributed by atoms with E-state index in [4.69, 9.17) is 4.74 Å². The number of carbonyl (C=O) groups excluding carboxylic acids is 1. The SMILES string of the molecule is COc1ccc([C@@H]2Nn3c(C)nnc3S[C@@H]2C(=O)NCc2ccc(C)cc2)cc1Br. The van der Waals surface area contributed by atoms with E-state index in [0.717, 1.165) is 27.2 Å². The van der Waals surface area contributed by atoms with E-state index in [1.165, 1.54) is 17.3 Å². The third-order valence-electron chi connectivity index (χ3n) is 4.98. The van der Waals surface area contributed by atoms with Gasteiger partial charge in [0.25, 0.3) is 0 Å². The Bertz CT molecular complexity index is 1070. The van der Waals surface area contributed by atoms with Crippen molar-refractivity contribution in [1.82, 2.24) is 20.2 Å². The molecule has 9 heteroatoms. The Morgan fingerprint density at radius 2 is 2.00 bits per heavy atom. The molecule has 2 heterocycles. The molecule has 0 aliphatic carbocycles. The molecule has 156 valence electrons. The first-order valence-corrected chi connectivity index (χ1v) is 11.2. The van der Waals surface area contributed by atoms with Crippen LogP contribution in [0.1, 0.15) is 28.6 Å². The van der Waals surface area contributed by atoms with Gasteiger partial charge in [-0.3, -0.25) is 4.79 Å². The Morgan fingerprint density at radius 1 is 1.23 bits per heavy atom. The molecule has 0 spiro atoms. The lowest BCUT2D eigenvalue weighted by molar-refractivity contribution is -0.121. The number of benzene rings is 2. The monoisotopic (exact) mass is 487 g/mol. The van der Waals surface area contributed by atoms with Crippen LogP contribution in [0.5, 0.6) is 5.75 Å². The third kappa shape index (κ3) is 4.17. The summed E-state index contributed by atoms with van der Waals surface area (Å²) >= 11 is 4.96. The molecule has 4 rings (SSSR count). The van der Waals surface area contributed by atoms with E-state index < -0.39 is 5.25 Å². The summed E-state index contributed by atoms with van der Waals surface area (Å²) in [6.45, 7) is 4.40. The zero-order chi connectivity index (χ0) is 21.3. The summed E-state index contributed by atoms with van der Waals surface area (Å²) in [7, 11) is 1.63. The lowest BCUT2D eigenvalue weighted by atomic mass is 10.0. The second-order valence-corrected chi connectivity index (χ2v) is 9.07. The van der Waals surface area contributed by atoms with Crippen LogP contribution in [0.25, 0.3) is 0 Å². The zero-order valence-electron chi connectivity index (χ0n) is 16.8. The molecule has 0 saturated heterocycles. The molecule has 3 aromatic rings. The van der Waals surface area contributed by atoms with Gasteiger partial charge in [-0.25, -0.2) is 4.68 Å². The molecule has 1 aromatic heterocycles. The van der Waals surface area contributed by atoms with Gasteiger partial charge in [0.2, 0.25) is 11.1 Å². The van der Waals surface area contributed by atoms with Gasteiger partial charge >= 0.3 is 0 Å². The lowest BCUT2D eigenvalue weighted by Crippen LogP contribution is -2.44. The number of hydrogen-bond acceptors (Lipinski definition) is 6. The minimum atomic E-state index is -0.410. The quantitative estimate of drug-likeness (QED) is 0.570. The highest BCUT2D eigenvalue weighted by Gasteiger charge is 2.37. The largest absolute Gasteiger partial charge is 0.496 e. The minimum Gasteiger partial charge on any atom is -0.496 e. The first-order valence-electron chi connectivity index (χ1n) is 9.48. The van der Waals surface area contributed by atoms with Crippen molar-refractivity contribution < 1.29 is 9.53 Å². The molecule has 0 bridgehead atoms. The molecule has 1 amide bonds. The summed E-state index contributed by atoms with van der Waals surface area (Å²) in [6, 6.07) is 13.7. The van der Waals surface area contributed by atoms with Gasteiger partial charge in [-0.1, -0.05) is 47.7 Å². The Morgan fingerprint density at radius 3 is 2.70 bits per heavy atom. The van der Waals surface area contributed by atoms with Gasteiger partial charge in [0.05, 0.1) is 17.6 Å². The van der Waals surface area contributed by atoms with Crippen LogP contribution in [0.4, 0.5) is 0 Å². The second-order valence-electron chi connectivity index (χ2n) is 7.11. The maximum atomic E-state index is 13.2. The van der Waals surface area contributed by atoms with E-state index in [0.29, 0.717) is 11.7 Å². The number of nitrogens with one attached hydrogen (secondary N) is 2. The second kappa shape index (κ2) is 8.69. The number of nitrogens with zero attached hydrogens (tertiary/aromatic N) is 3. The molecule has 1 aliphatic heterocycles. The van der Waals surface area contributed by atoms with Crippen LogP contribution in [0.2, 0.25) is 0 Å². The maximum Gasteiger partial charge on any atom is 0.236 e. The van der Waals surface area contributed by atoms with Crippen LogP contribution < -0.4 is 15.5 Å². The van der Waals surface area contributed by atoms with Crippen LogP contribution in [-0.2, 0) is 11.3 Å². The Hall–Kier alpha value is -2.52. The van der Waals surface area contributed by atoms with Crippen LogP contribution in [-0.4, -0.2) is 33.1 Å². The highest BCUT2D eigenvalue weighted by Crippen LogP contribution is 2.39. The molecule has 1 aliphatic rings. The van der Waals surface area contributed by atoms with E-state index in [1.54, 1.807) is 7.11 Å². The number of aromatic nitrogens is 3. The Balaban J connectivity index is 1.60. The van der Waals surface area contributed by atoms with Crippen molar-refractivity contribution in [3.8, 4) is 5.75 Å². The first kappa shape index (κ1) is 20.7. The normalized spacial score (nSPS) is 17.7. The number of halogens is 1. The van der Waals surface area contributed by atoms with E-state index in [-0.39, 0.29) is 11.9 Å². The van der Waals surface area contributed by atoms with Crippen molar-refractivity contribution in [3.63, 3.8) is 0 Å². The molecule has 2 atom stereocenters.